The second-order valence-electron chi connectivity index (χ2n) is 4.43. The maximum absolute atomic E-state index is 11.3. The Hall–Kier alpha value is -0.880. The maximum Gasteiger partial charge on any atom is 0.150 e. The van der Waals surface area contributed by atoms with Gasteiger partial charge in [-0.2, -0.15) is 5.10 Å². The molecule has 2 rings (SSSR count). The summed E-state index contributed by atoms with van der Waals surface area (Å²) in [6, 6.07) is 1.96. The normalized spacial score (nSPS) is 23.8. The number of hydrogen-bond donors (Lipinski definition) is 1. The lowest BCUT2D eigenvalue weighted by Gasteiger charge is -2.03. The first-order valence-electron chi connectivity index (χ1n) is 5.42. The second kappa shape index (κ2) is 4.18. The van der Waals surface area contributed by atoms with E-state index in [1.165, 1.54) is 0 Å². The molecule has 0 radical (unpaired) electrons. The molecule has 2 N–H and O–H groups in total. The maximum atomic E-state index is 11.3. The van der Waals surface area contributed by atoms with Crippen LogP contribution in [0.1, 0.15) is 17.8 Å². The Labute approximate surface area is 95.6 Å². The molecule has 6 heteroatoms. The zero-order chi connectivity index (χ0) is 11.8. The van der Waals surface area contributed by atoms with Crippen LogP contribution >= 0.6 is 0 Å². The van der Waals surface area contributed by atoms with Gasteiger partial charge in [0.1, 0.15) is 0 Å². The number of aryl methyl sites for hydroxylation is 1. The summed E-state index contributed by atoms with van der Waals surface area (Å²) in [5.74, 6) is 0.862. The van der Waals surface area contributed by atoms with Crippen LogP contribution in [-0.2, 0) is 29.9 Å². The molecular formula is C10H17N3O2S. The van der Waals surface area contributed by atoms with Crippen molar-refractivity contribution in [3.8, 4) is 0 Å². The fourth-order valence-corrected chi connectivity index (χ4v) is 4.05. The van der Waals surface area contributed by atoms with E-state index in [9.17, 15) is 8.42 Å². The van der Waals surface area contributed by atoms with Gasteiger partial charge in [-0.3, -0.25) is 4.68 Å². The molecule has 2 heterocycles. The van der Waals surface area contributed by atoms with Crippen molar-refractivity contribution in [2.24, 2.45) is 18.7 Å². The molecule has 1 aromatic heterocycles. The van der Waals surface area contributed by atoms with Gasteiger partial charge < -0.3 is 5.73 Å². The van der Waals surface area contributed by atoms with Crippen LogP contribution in [0.2, 0.25) is 0 Å². The van der Waals surface area contributed by atoms with Gasteiger partial charge in [0.2, 0.25) is 0 Å². The highest BCUT2D eigenvalue weighted by atomic mass is 32.2. The predicted octanol–water partition coefficient (Wildman–Crippen LogP) is -0.144. The first-order chi connectivity index (χ1) is 7.50. The Morgan fingerprint density at radius 3 is 2.88 bits per heavy atom. The van der Waals surface area contributed by atoms with Crippen molar-refractivity contribution in [1.29, 1.82) is 0 Å². The van der Waals surface area contributed by atoms with Crippen molar-refractivity contribution < 1.29 is 8.42 Å². The van der Waals surface area contributed by atoms with Gasteiger partial charge in [0, 0.05) is 13.6 Å². The molecule has 0 saturated carbocycles. The summed E-state index contributed by atoms with van der Waals surface area (Å²) in [6.45, 7) is 0.465. The minimum Gasteiger partial charge on any atom is -0.325 e. The SMILES string of the molecule is Cn1nc(CC2CCS(=O)(=O)C2)cc1CN. The van der Waals surface area contributed by atoms with E-state index >= 15 is 0 Å². The zero-order valence-electron chi connectivity index (χ0n) is 9.39. The van der Waals surface area contributed by atoms with Crippen molar-refractivity contribution in [3.05, 3.63) is 17.5 Å². The molecule has 90 valence electrons. The van der Waals surface area contributed by atoms with Crippen LogP contribution in [0.3, 0.4) is 0 Å². The summed E-state index contributed by atoms with van der Waals surface area (Å²) in [5.41, 5.74) is 7.49. The summed E-state index contributed by atoms with van der Waals surface area (Å²) in [7, 11) is -0.926. The quantitative estimate of drug-likeness (QED) is 0.801. The largest absolute Gasteiger partial charge is 0.325 e. The average Bonchev–Trinajstić information content (AvgIpc) is 2.70. The van der Waals surface area contributed by atoms with Gasteiger partial charge in [0.25, 0.3) is 0 Å². The third-order valence-electron chi connectivity index (χ3n) is 3.06. The van der Waals surface area contributed by atoms with Gasteiger partial charge in [-0.1, -0.05) is 0 Å². The molecule has 0 amide bonds. The van der Waals surface area contributed by atoms with E-state index in [0.29, 0.717) is 18.1 Å². The summed E-state index contributed by atoms with van der Waals surface area (Å²) < 4.78 is 24.4. The van der Waals surface area contributed by atoms with Crippen molar-refractivity contribution in [2.45, 2.75) is 19.4 Å². The van der Waals surface area contributed by atoms with Crippen LogP contribution in [0.4, 0.5) is 0 Å². The van der Waals surface area contributed by atoms with E-state index in [1.807, 2.05) is 13.1 Å². The molecule has 0 spiro atoms. The lowest BCUT2D eigenvalue weighted by Crippen LogP contribution is -2.08. The van der Waals surface area contributed by atoms with Crippen LogP contribution in [0, 0.1) is 5.92 Å². The van der Waals surface area contributed by atoms with E-state index in [1.54, 1.807) is 4.68 Å². The summed E-state index contributed by atoms with van der Waals surface area (Å²) in [5, 5.41) is 4.33. The number of sulfone groups is 1. The highest BCUT2D eigenvalue weighted by Crippen LogP contribution is 2.22. The number of nitrogens with two attached hydrogens (primary N) is 1. The van der Waals surface area contributed by atoms with E-state index in [0.717, 1.165) is 24.2 Å². The smallest absolute Gasteiger partial charge is 0.150 e. The van der Waals surface area contributed by atoms with Gasteiger partial charge >= 0.3 is 0 Å². The van der Waals surface area contributed by atoms with Crippen LogP contribution < -0.4 is 5.73 Å². The van der Waals surface area contributed by atoms with Crippen molar-refractivity contribution in [3.63, 3.8) is 0 Å². The van der Waals surface area contributed by atoms with Gasteiger partial charge in [0.15, 0.2) is 9.84 Å². The van der Waals surface area contributed by atoms with Crippen LogP contribution in [0.25, 0.3) is 0 Å². The minimum atomic E-state index is -2.78. The molecule has 0 bridgehead atoms. The summed E-state index contributed by atoms with van der Waals surface area (Å²) in [4.78, 5) is 0. The number of nitrogens with zero attached hydrogens (tertiary/aromatic N) is 2. The van der Waals surface area contributed by atoms with Crippen LogP contribution in [0.15, 0.2) is 6.07 Å². The van der Waals surface area contributed by atoms with Gasteiger partial charge in [-0.25, -0.2) is 8.42 Å². The summed E-state index contributed by atoms with van der Waals surface area (Å²) in [6.07, 6.45) is 1.50. The van der Waals surface area contributed by atoms with Crippen LogP contribution in [-0.4, -0.2) is 29.7 Å². The Bertz CT molecular complexity index is 478. The highest BCUT2D eigenvalue weighted by molar-refractivity contribution is 7.91. The number of rotatable bonds is 3. The molecule has 1 aliphatic heterocycles. The molecule has 1 saturated heterocycles. The topological polar surface area (TPSA) is 78.0 Å². The van der Waals surface area contributed by atoms with Gasteiger partial charge in [-0.15, -0.1) is 0 Å². The van der Waals surface area contributed by atoms with Crippen molar-refractivity contribution >= 4 is 9.84 Å². The Balaban J connectivity index is 2.05. The van der Waals surface area contributed by atoms with E-state index in [-0.39, 0.29) is 5.92 Å². The van der Waals surface area contributed by atoms with Crippen molar-refractivity contribution in [2.75, 3.05) is 11.5 Å². The summed E-state index contributed by atoms with van der Waals surface area (Å²) >= 11 is 0. The molecule has 0 aromatic carbocycles. The molecular weight excluding hydrogens is 226 g/mol. The molecule has 5 nitrogen and oxygen atoms in total. The molecule has 1 unspecified atom stereocenters. The monoisotopic (exact) mass is 243 g/mol. The number of aromatic nitrogens is 2. The van der Waals surface area contributed by atoms with Crippen molar-refractivity contribution in [1.82, 2.24) is 9.78 Å². The van der Waals surface area contributed by atoms with Gasteiger partial charge in [-0.05, 0) is 24.8 Å². The Kier molecular flexibility index (Phi) is 3.03. The molecule has 1 fully saturated rings. The van der Waals surface area contributed by atoms with Crippen LogP contribution in [0.5, 0.6) is 0 Å². The fraction of sp³-hybridized carbons (Fsp3) is 0.700. The lowest BCUT2D eigenvalue weighted by atomic mass is 10.0. The highest BCUT2D eigenvalue weighted by Gasteiger charge is 2.28. The molecule has 1 aliphatic rings. The molecule has 0 aliphatic carbocycles. The standard InChI is InChI=1S/C10H17N3O2S/c1-13-10(6-11)5-9(12-13)4-8-2-3-16(14,15)7-8/h5,8H,2-4,6-7,11H2,1H3. The number of hydrogen-bond acceptors (Lipinski definition) is 4. The molecule has 16 heavy (non-hydrogen) atoms. The molecule has 1 atom stereocenters. The minimum absolute atomic E-state index is 0.227. The zero-order valence-corrected chi connectivity index (χ0v) is 10.2. The Morgan fingerprint density at radius 2 is 2.38 bits per heavy atom. The third kappa shape index (κ3) is 2.44. The molecule has 1 aromatic rings. The lowest BCUT2D eigenvalue weighted by molar-refractivity contribution is 0.570. The van der Waals surface area contributed by atoms with E-state index in [2.05, 4.69) is 5.10 Å². The first-order valence-corrected chi connectivity index (χ1v) is 7.24. The van der Waals surface area contributed by atoms with E-state index < -0.39 is 9.84 Å². The van der Waals surface area contributed by atoms with E-state index in [4.69, 9.17) is 5.73 Å². The average molecular weight is 243 g/mol. The third-order valence-corrected chi connectivity index (χ3v) is 4.90. The fourth-order valence-electron chi connectivity index (χ4n) is 2.19. The predicted molar refractivity (Wildman–Crippen MR) is 61.6 cm³/mol. The second-order valence-corrected chi connectivity index (χ2v) is 6.66. The Morgan fingerprint density at radius 1 is 1.62 bits per heavy atom. The first kappa shape index (κ1) is 11.6. The van der Waals surface area contributed by atoms with Gasteiger partial charge in [0.05, 0.1) is 22.9 Å².